The SMILES string of the molecule is CCNC(=S)NCCNC(=O)c1ccc(C=CC(c2cc(Br)cc(Br)c2)C(F)(F)F)cc1Br. The molecule has 1 amide bonds. The molecule has 0 aliphatic carbocycles. The molecular weight excluding hydrogens is 651 g/mol. The van der Waals surface area contributed by atoms with E-state index in [9.17, 15) is 18.0 Å². The Morgan fingerprint density at radius 2 is 1.67 bits per heavy atom. The van der Waals surface area contributed by atoms with Crippen molar-refractivity contribution in [1.29, 1.82) is 0 Å². The van der Waals surface area contributed by atoms with Crippen LogP contribution >= 0.6 is 60.0 Å². The number of amides is 1. The maximum Gasteiger partial charge on any atom is 0.399 e. The van der Waals surface area contributed by atoms with Crippen LogP contribution in [-0.2, 0) is 0 Å². The van der Waals surface area contributed by atoms with E-state index in [0.29, 0.717) is 49.3 Å². The Bertz CT molecular complexity index is 1010. The summed E-state index contributed by atoms with van der Waals surface area (Å²) in [6.45, 7) is 3.44. The Labute approximate surface area is 221 Å². The Hall–Kier alpha value is -1.43. The minimum absolute atomic E-state index is 0.109. The number of alkyl halides is 3. The molecule has 3 N–H and O–H groups in total. The third-order valence-corrected chi connectivity index (χ3v) is 6.21. The van der Waals surface area contributed by atoms with Crippen molar-refractivity contribution < 1.29 is 18.0 Å². The largest absolute Gasteiger partial charge is 0.399 e. The standard InChI is InChI=1S/C22H21Br3F3N3OS/c1-2-29-21(33)31-8-7-30-20(32)17-5-3-13(9-19(17)25)4-6-18(22(26,27)28)14-10-15(23)12-16(24)11-14/h3-6,9-12,18H,2,7-8H2,1H3,(H,30,32)(H2,29,31,33). The van der Waals surface area contributed by atoms with E-state index in [2.05, 4.69) is 63.7 Å². The third-order valence-electron chi connectivity index (χ3n) is 4.35. The van der Waals surface area contributed by atoms with Gasteiger partial charge in [-0.15, -0.1) is 0 Å². The lowest BCUT2D eigenvalue weighted by molar-refractivity contribution is -0.139. The lowest BCUT2D eigenvalue weighted by Crippen LogP contribution is -2.40. The molecule has 2 aromatic carbocycles. The number of carbonyl (C=O) groups excluding carboxylic acids is 1. The molecular formula is C22H21Br3F3N3OS. The average Bonchev–Trinajstić information content (AvgIpc) is 2.70. The van der Waals surface area contributed by atoms with Crippen molar-refractivity contribution in [1.82, 2.24) is 16.0 Å². The highest BCUT2D eigenvalue weighted by atomic mass is 79.9. The Morgan fingerprint density at radius 3 is 2.24 bits per heavy atom. The second-order valence-corrected chi connectivity index (χ2v) is 9.96. The van der Waals surface area contributed by atoms with Gasteiger partial charge in [-0.25, -0.2) is 0 Å². The molecule has 0 heterocycles. The molecule has 0 radical (unpaired) electrons. The Kier molecular flexibility index (Phi) is 10.8. The maximum absolute atomic E-state index is 13.7. The van der Waals surface area contributed by atoms with Crippen LogP contribution in [0.4, 0.5) is 13.2 Å². The molecule has 0 aromatic heterocycles. The quantitative estimate of drug-likeness (QED) is 0.220. The molecule has 0 saturated carbocycles. The van der Waals surface area contributed by atoms with Crippen molar-refractivity contribution in [2.75, 3.05) is 19.6 Å². The van der Waals surface area contributed by atoms with Gasteiger partial charge in [-0.05, 0) is 76.5 Å². The highest BCUT2D eigenvalue weighted by Crippen LogP contribution is 2.38. The van der Waals surface area contributed by atoms with Gasteiger partial charge in [0.15, 0.2) is 5.11 Å². The van der Waals surface area contributed by atoms with Crippen LogP contribution in [0.15, 0.2) is 55.9 Å². The van der Waals surface area contributed by atoms with Crippen LogP contribution in [0.3, 0.4) is 0 Å². The van der Waals surface area contributed by atoms with Crippen LogP contribution < -0.4 is 16.0 Å². The van der Waals surface area contributed by atoms with Crippen molar-refractivity contribution in [3.63, 3.8) is 0 Å². The van der Waals surface area contributed by atoms with Crippen LogP contribution in [0.1, 0.15) is 34.3 Å². The topological polar surface area (TPSA) is 53.2 Å². The van der Waals surface area contributed by atoms with Gasteiger partial charge in [0, 0.05) is 33.1 Å². The lowest BCUT2D eigenvalue weighted by atomic mass is 9.97. The molecule has 0 spiro atoms. The summed E-state index contributed by atoms with van der Waals surface area (Å²) in [7, 11) is 0. The summed E-state index contributed by atoms with van der Waals surface area (Å²) in [6, 6.07) is 9.32. The monoisotopic (exact) mass is 669 g/mol. The smallest absolute Gasteiger partial charge is 0.363 e. The predicted octanol–water partition coefficient (Wildman–Crippen LogP) is 6.55. The van der Waals surface area contributed by atoms with E-state index in [1.54, 1.807) is 24.3 Å². The number of benzene rings is 2. The summed E-state index contributed by atoms with van der Waals surface area (Å²) in [5, 5.41) is 9.18. The van der Waals surface area contributed by atoms with E-state index in [0.717, 1.165) is 6.08 Å². The van der Waals surface area contributed by atoms with Gasteiger partial charge >= 0.3 is 6.18 Å². The normalized spacial score (nSPS) is 12.5. The zero-order valence-corrected chi connectivity index (χ0v) is 23.0. The molecule has 0 saturated heterocycles. The summed E-state index contributed by atoms with van der Waals surface area (Å²) < 4.78 is 42.7. The number of rotatable bonds is 8. The van der Waals surface area contributed by atoms with E-state index in [1.807, 2.05) is 6.92 Å². The Morgan fingerprint density at radius 1 is 1.03 bits per heavy atom. The van der Waals surface area contributed by atoms with Gasteiger partial charge in [0.25, 0.3) is 5.91 Å². The molecule has 11 heteroatoms. The van der Waals surface area contributed by atoms with Crippen LogP contribution in [-0.4, -0.2) is 36.8 Å². The number of hydrogen-bond donors (Lipinski definition) is 3. The van der Waals surface area contributed by atoms with Gasteiger partial charge in [-0.2, -0.15) is 13.2 Å². The van der Waals surface area contributed by atoms with Gasteiger partial charge in [-0.1, -0.05) is 50.1 Å². The second-order valence-electron chi connectivity index (χ2n) is 6.86. The number of hydrogen-bond acceptors (Lipinski definition) is 2. The molecule has 1 atom stereocenters. The summed E-state index contributed by atoms with van der Waals surface area (Å²) in [5.41, 5.74) is 1.02. The number of halogens is 6. The average molecular weight is 672 g/mol. The van der Waals surface area contributed by atoms with E-state index >= 15 is 0 Å². The second kappa shape index (κ2) is 12.9. The number of thiocarbonyl (C=S) groups is 1. The first-order chi connectivity index (χ1) is 15.5. The molecule has 178 valence electrons. The van der Waals surface area contributed by atoms with Crippen LogP contribution in [0, 0.1) is 0 Å². The van der Waals surface area contributed by atoms with E-state index in [4.69, 9.17) is 12.2 Å². The molecule has 33 heavy (non-hydrogen) atoms. The summed E-state index contributed by atoms with van der Waals surface area (Å²) in [5.74, 6) is -2.09. The van der Waals surface area contributed by atoms with Crippen LogP contribution in [0.25, 0.3) is 6.08 Å². The zero-order chi connectivity index (χ0) is 24.6. The third kappa shape index (κ3) is 9.03. The fourth-order valence-corrected chi connectivity index (χ4v) is 5.01. The number of carbonyl (C=O) groups is 1. The van der Waals surface area contributed by atoms with E-state index in [-0.39, 0.29) is 11.5 Å². The van der Waals surface area contributed by atoms with E-state index < -0.39 is 12.1 Å². The molecule has 2 rings (SSSR count). The van der Waals surface area contributed by atoms with Crippen molar-refractivity contribution >= 4 is 77.1 Å². The molecule has 2 aromatic rings. The van der Waals surface area contributed by atoms with Crippen molar-refractivity contribution in [3.8, 4) is 0 Å². The van der Waals surface area contributed by atoms with Gasteiger partial charge in [-0.3, -0.25) is 4.79 Å². The summed E-state index contributed by atoms with van der Waals surface area (Å²) >= 11 is 14.8. The van der Waals surface area contributed by atoms with E-state index in [1.165, 1.54) is 18.2 Å². The first kappa shape index (κ1) is 27.8. The zero-order valence-electron chi connectivity index (χ0n) is 17.4. The molecule has 4 nitrogen and oxygen atoms in total. The lowest BCUT2D eigenvalue weighted by Gasteiger charge is -2.18. The fourth-order valence-electron chi connectivity index (χ4n) is 2.86. The molecule has 0 bridgehead atoms. The van der Waals surface area contributed by atoms with Crippen LogP contribution in [0.5, 0.6) is 0 Å². The number of nitrogens with one attached hydrogen (secondary N) is 3. The fraction of sp³-hybridized carbons (Fsp3) is 0.273. The van der Waals surface area contributed by atoms with Gasteiger partial charge in [0.1, 0.15) is 0 Å². The van der Waals surface area contributed by atoms with Gasteiger partial charge < -0.3 is 16.0 Å². The van der Waals surface area contributed by atoms with Crippen molar-refractivity contribution in [3.05, 3.63) is 72.6 Å². The van der Waals surface area contributed by atoms with Gasteiger partial charge in [0.05, 0.1) is 11.5 Å². The highest BCUT2D eigenvalue weighted by molar-refractivity contribution is 9.11. The molecule has 0 aliphatic rings. The molecule has 0 aliphatic heterocycles. The predicted molar refractivity (Wildman–Crippen MR) is 140 cm³/mol. The minimum atomic E-state index is -4.46. The van der Waals surface area contributed by atoms with Crippen molar-refractivity contribution in [2.45, 2.75) is 19.0 Å². The summed E-state index contributed by atoms with van der Waals surface area (Å²) in [4.78, 5) is 12.4. The minimum Gasteiger partial charge on any atom is -0.363 e. The maximum atomic E-state index is 13.7. The molecule has 0 fully saturated rings. The van der Waals surface area contributed by atoms with Crippen molar-refractivity contribution in [2.24, 2.45) is 0 Å². The molecule has 1 unspecified atom stereocenters. The highest BCUT2D eigenvalue weighted by Gasteiger charge is 2.39. The van der Waals surface area contributed by atoms with Gasteiger partial charge in [0.2, 0.25) is 0 Å². The Balaban J connectivity index is 2.09. The summed E-state index contributed by atoms with van der Waals surface area (Å²) in [6.07, 6.45) is -1.96. The van der Waals surface area contributed by atoms with Crippen LogP contribution in [0.2, 0.25) is 0 Å². The first-order valence-electron chi connectivity index (χ1n) is 9.81. The first-order valence-corrected chi connectivity index (χ1v) is 12.6. The number of allylic oxidation sites excluding steroid dienone is 1.